The van der Waals surface area contributed by atoms with E-state index in [-0.39, 0.29) is 18.0 Å². The summed E-state index contributed by atoms with van der Waals surface area (Å²) in [4.78, 5) is 2.04. The third kappa shape index (κ3) is 2.82. The first-order valence-electron chi connectivity index (χ1n) is 6.46. The van der Waals surface area contributed by atoms with Crippen molar-refractivity contribution in [2.45, 2.75) is 31.9 Å². The fraction of sp³-hybridized carbons (Fsp3) is 0.571. The number of halogens is 1. The lowest BCUT2D eigenvalue weighted by atomic mass is 10.0. The van der Waals surface area contributed by atoms with Gasteiger partial charge in [0, 0.05) is 37.5 Å². The normalized spacial score (nSPS) is 21.0. The number of hydrogen-bond donors (Lipinski definition) is 1. The first-order chi connectivity index (χ1) is 8.59. The number of rotatable bonds is 4. The Morgan fingerprint density at radius 2 is 2.33 bits per heavy atom. The van der Waals surface area contributed by atoms with Crippen molar-refractivity contribution in [1.29, 1.82) is 0 Å². The molecular weight excluding hydrogens is 231 g/mol. The molecule has 18 heavy (non-hydrogen) atoms. The molecule has 100 valence electrons. The Hall–Kier alpha value is -1.13. The summed E-state index contributed by atoms with van der Waals surface area (Å²) in [5, 5.41) is 0. The molecule has 1 fully saturated rings. The summed E-state index contributed by atoms with van der Waals surface area (Å²) in [6.07, 6.45) is 2.44. The van der Waals surface area contributed by atoms with Crippen molar-refractivity contribution in [3.05, 3.63) is 29.6 Å². The van der Waals surface area contributed by atoms with Crippen molar-refractivity contribution in [1.82, 2.24) is 0 Å². The standard InChI is InChI=1S/C14H21FN2O/c1-10(16)14-12(15)6-3-7-13(14)17(2)9-11-5-4-8-18-11/h3,6-7,10-11H,4-5,8-9,16H2,1-2H3/t10-,11?/m0/s1. The molecule has 4 heteroatoms. The van der Waals surface area contributed by atoms with Crippen molar-refractivity contribution in [2.24, 2.45) is 5.73 Å². The summed E-state index contributed by atoms with van der Waals surface area (Å²) >= 11 is 0. The maximum absolute atomic E-state index is 13.8. The van der Waals surface area contributed by atoms with Crippen LogP contribution in [-0.2, 0) is 4.74 Å². The molecular formula is C14H21FN2O. The summed E-state index contributed by atoms with van der Waals surface area (Å²) in [6, 6.07) is 4.79. The van der Waals surface area contributed by atoms with Crippen LogP contribution in [0.2, 0.25) is 0 Å². The third-order valence-corrected chi connectivity index (χ3v) is 3.40. The van der Waals surface area contributed by atoms with Gasteiger partial charge in [-0.25, -0.2) is 4.39 Å². The summed E-state index contributed by atoms with van der Waals surface area (Å²) in [5.74, 6) is -0.235. The molecule has 2 rings (SSSR count). The maximum Gasteiger partial charge on any atom is 0.130 e. The molecule has 1 aliphatic rings. The molecule has 1 aliphatic heterocycles. The molecule has 0 bridgehead atoms. The summed E-state index contributed by atoms with van der Waals surface area (Å²) in [6.45, 7) is 3.42. The van der Waals surface area contributed by atoms with Crippen LogP contribution in [0.1, 0.15) is 31.4 Å². The minimum absolute atomic E-state index is 0.235. The van der Waals surface area contributed by atoms with Gasteiger partial charge in [-0.2, -0.15) is 0 Å². The molecule has 1 saturated heterocycles. The second kappa shape index (κ2) is 5.67. The molecule has 0 saturated carbocycles. The lowest BCUT2D eigenvalue weighted by Crippen LogP contribution is -2.30. The first-order valence-corrected chi connectivity index (χ1v) is 6.46. The molecule has 0 aliphatic carbocycles. The van der Waals surface area contributed by atoms with Gasteiger partial charge in [0.05, 0.1) is 6.10 Å². The highest BCUT2D eigenvalue weighted by Crippen LogP contribution is 2.28. The molecule has 2 N–H and O–H groups in total. The van der Waals surface area contributed by atoms with Gasteiger partial charge >= 0.3 is 0 Å². The van der Waals surface area contributed by atoms with Crippen LogP contribution in [0.4, 0.5) is 10.1 Å². The molecule has 0 radical (unpaired) electrons. The second-order valence-corrected chi connectivity index (χ2v) is 4.98. The van der Waals surface area contributed by atoms with Crippen LogP contribution < -0.4 is 10.6 Å². The molecule has 1 aromatic rings. The van der Waals surface area contributed by atoms with E-state index in [1.807, 2.05) is 24.9 Å². The molecule has 1 heterocycles. The van der Waals surface area contributed by atoms with Crippen molar-refractivity contribution in [3.63, 3.8) is 0 Å². The highest BCUT2D eigenvalue weighted by Gasteiger charge is 2.20. The third-order valence-electron chi connectivity index (χ3n) is 3.40. The minimum Gasteiger partial charge on any atom is -0.376 e. The monoisotopic (exact) mass is 252 g/mol. The quantitative estimate of drug-likeness (QED) is 0.894. The zero-order valence-corrected chi connectivity index (χ0v) is 11.0. The zero-order valence-electron chi connectivity index (χ0n) is 11.0. The number of nitrogens with two attached hydrogens (primary N) is 1. The number of nitrogens with zero attached hydrogens (tertiary/aromatic N) is 1. The van der Waals surface area contributed by atoms with Crippen LogP contribution in [0.3, 0.4) is 0 Å². The van der Waals surface area contributed by atoms with Crippen molar-refractivity contribution in [3.8, 4) is 0 Å². The Morgan fingerprint density at radius 1 is 1.56 bits per heavy atom. The Labute approximate surface area is 108 Å². The van der Waals surface area contributed by atoms with Gasteiger partial charge in [-0.05, 0) is 31.9 Å². The summed E-state index contributed by atoms with van der Waals surface area (Å²) in [7, 11) is 1.96. The zero-order chi connectivity index (χ0) is 13.1. The van der Waals surface area contributed by atoms with Gasteiger partial charge in [0.15, 0.2) is 0 Å². The van der Waals surface area contributed by atoms with Gasteiger partial charge in [-0.15, -0.1) is 0 Å². The molecule has 2 atom stereocenters. The van der Waals surface area contributed by atoms with E-state index in [0.29, 0.717) is 5.56 Å². The van der Waals surface area contributed by atoms with E-state index >= 15 is 0 Å². The van der Waals surface area contributed by atoms with Crippen LogP contribution in [0.25, 0.3) is 0 Å². The molecule has 1 unspecified atom stereocenters. The van der Waals surface area contributed by atoms with Crippen molar-refractivity contribution < 1.29 is 9.13 Å². The van der Waals surface area contributed by atoms with Gasteiger partial charge in [0.2, 0.25) is 0 Å². The first kappa shape index (κ1) is 13.3. The molecule has 0 spiro atoms. The van der Waals surface area contributed by atoms with Crippen molar-refractivity contribution in [2.75, 3.05) is 25.1 Å². The highest BCUT2D eigenvalue weighted by atomic mass is 19.1. The molecule has 3 nitrogen and oxygen atoms in total. The van der Waals surface area contributed by atoms with Gasteiger partial charge in [0.1, 0.15) is 5.82 Å². The number of benzene rings is 1. The van der Waals surface area contributed by atoms with E-state index in [2.05, 4.69) is 0 Å². The van der Waals surface area contributed by atoms with Crippen LogP contribution in [0.15, 0.2) is 18.2 Å². The van der Waals surface area contributed by atoms with Gasteiger partial charge in [-0.1, -0.05) is 6.07 Å². The summed E-state index contributed by atoms with van der Waals surface area (Å²) in [5.41, 5.74) is 7.31. The van der Waals surface area contributed by atoms with E-state index in [4.69, 9.17) is 10.5 Å². The topological polar surface area (TPSA) is 38.5 Å². The average Bonchev–Trinajstić information content (AvgIpc) is 2.80. The molecule has 1 aromatic carbocycles. The van der Waals surface area contributed by atoms with Crippen molar-refractivity contribution >= 4 is 5.69 Å². The minimum atomic E-state index is -0.312. The van der Waals surface area contributed by atoms with Gasteiger partial charge in [-0.3, -0.25) is 0 Å². The lowest BCUT2D eigenvalue weighted by Gasteiger charge is -2.26. The Balaban J connectivity index is 2.18. The lowest BCUT2D eigenvalue weighted by molar-refractivity contribution is 0.116. The fourth-order valence-electron chi connectivity index (χ4n) is 2.50. The van der Waals surface area contributed by atoms with E-state index < -0.39 is 0 Å². The van der Waals surface area contributed by atoms with Crippen LogP contribution in [0.5, 0.6) is 0 Å². The predicted molar refractivity (Wildman–Crippen MR) is 71.2 cm³/mol. The van der Waals surface area contributed by atoms with E-state index in [1.54, 1.807) is 6.07 Å². The second-order valence-electron chi connectivity index (χ2n) is 4.98. The molecule has 0 aromatic heterocycles. The Morgan fingerprint density at radius 3 is 2.94 bits per heavy atom. The maximum atomic E-state index is 13.8. The highest BCUT2D eigenvalue weighted by molar-refractivity contribution is 5.55. The largest absolute Gasteiger partial charge is 0.376 e. The van der Waals surface area contributed by atoms with Gasteiger partial charge < -0.3 is 15.4 Å². The van der Waals surface area contributed by atoms with E-state index in [9.17, 15) is 4.39 Å². The molecule has 0 amide bonds. The summed E-state index contributed by atoms with van der Waals surface area (Å²) < 4.78 is 19.4. The van der Waals surface area contributed by atoms with Crippen LogP contribution in [-0.4, -0.2) is 26.3 Å². The SMILES string of the molecule is C[C@H](N)c1c(F)cccc1N(C)CC1CCCO1. The Bertz CT molecular complexity index is 403. The number of ether oxygens (including phenoxy) is 1. The average molecular weight is 252 g/mol. The predicted octanol–water partition coefficient (Wildman–Crippen LogP) is 2.46. The van der Waals surface area contributed by atoms with Gasteiger partial charge in [0.25, 0.3) is 0 Å². The Kier molecular flexibility index (Phi) is 4.19. The number of likely N-dealkylation sites (N-methyl/N-ethyl adjacent to an activating group) is 1. The van der Waals surface area contributed by atoms with E-state index in [0.717, 1.165) is 31.7 Å². The van der Waals surface area contributed by atoms with Crippen LogP contribution >= 0.6 is 0 Å². The van der Waals surface area contributed by atoms with Crippen LogP contribution in [0, 0.1) is 5.82 Å². The number of anilines is 1. The van der Waals surface area contributed by atoms with E-state index in [1.165, 1.54) is 6.07 Å². The smallest absolute Gasteiger partial charge is 0.130 e. The number of hydrogen-bond acceptors (Lipinski definition) is 3. The fourth-order valence-corrected chi connectivity index (χ4v) is 2.50.